The molecule has 2 N–H and O–H groups in total. The van der Waals surface area contributed by atoms with E-state index >= 15 is 0 Å². The van der Waals surface area contributed by atoms with Crippen LogP contribution in [0.2, 0.25) is 5.02 Å². The van der Waals surface area contributed by atoms with E-state index in [1.807, 2.05) is 0 Å². The van der Waals surface area contributed by atoms with E-state index in [2.05, 4.69) is 20.8 Å². The average molecular weight is 230 g/mol. The molecule has 0 saturated carbocycles. The molecule has 0 aliphatic carbocycles. The highest BCUT2D eigenvalue weighted by atomic mass is 35.5. The van der Waals surface area contributed by atoms with Crippen LogP contribution < -0.4 is 5.73 Å². The Labute approximate surface area is 95.4 Å². The molecule has 0 bridgehead atoms. The van der Waals surface area contributed by atoms with Gasteiger partial charge in [0.25, 0.3) is 0 Å². The molecule has 1 aromatic rings. The molecule has 0 fully saturated rings. The molecular formula is C12H17ClFN. The van der Waals surface area contributed by atoms with Crippen LogP contribution >= 0.6 is 11.6 Å². The molecule has 0 aliphatic rings. The van der Waals surface area contributed by atoms with Crippen molar-refractivity contribution >= 4 is 11.6 Å². The van der Waals surface area contributed by atoms with E-state index in [1.54, 1.807) is 12.1 Å². The van der Waals surface area contributed by atoms with Crippen molar-refractivity contribution in [2.45, 2.75) is 33.2 Å². The van der Waals surface area contributed by atoms with Crippen molar-refractivity contribution in [2.24, 2.45) is 11.1 Å². The fourth-order valence-corrected chi connectivity index (χ4v) is 1.73. The van der Waals surface area contributed by atoms with Crippen LogP contribution in [0.1, 0.15) is 38.8 Å². The number of benzene rings is 1. The predicted octanol–water partition coefficient (Wildman–Crippen LogP) is 3.92. The highest BCUT2D eigenvalue weighted by molar-refractivity contribution is 6.30. The summed E-state index contributed by atoms with van der Waals surface area (Å²) < 4.78 is 13.5. The first-order valence-electron chi connectivity index (χ1n) is 5.00. The third-order valence-corrected chi connectivity index (χ3v) is 2.43. The van der Waals surface area contributed by atoms with E-state index in [1.165, 1.54) is 6.07 Å². The first kappa shape index (κ1) is 12.5. The van der Waals surface area contributed by atoms with Crippen LogP contribution in [-0.2, 0) is 0 Å². The molecule has 0 saturated heterocycles. The van der Waals surface area contributed by atoms with Crippen LogP contribution in [-0.4, -0.2) is 0 Å². The van der Waals surface area contributed by atoms with Gasteiger partial charge in [0.15, 0.2) is 0 Å². The second kappa shape index (κ2) is 4.50. The standard InChI is InChI=1S/C12H17ClFN/c1-12(2,3)7-11(15)9-5-4-8(13)6-10(9)14/h4-6,11H,7,15H2,1-3H3. The Morgan fingerprint density at radius 2 is 2.00 bits per heavy atom. The zero-order valence-electron chi connectivity index (χ0n) is 9.35. The molecule has 15 heavy (non-hydrogen) atoms. The van der Waals surface area contributed by atoms with E-state index in [4.69, 9.17) is 17.3 Å². The predicted molar refractivity (Wildman–Crippen MR) is 62.4 cm³/mol. The van der Waals surface area contributed by atoms with Crippen molar-refractivity contribution in [3.05, 3.63) is 34.6 Å². The highest BCUT2D eigenvalue weighted by Gasteiger charge is 2.19. The first-order valence-corrected chi connectivity index (χ1v) is 5.38. The summed E-state index contributed by atoms with van der Waals surface area (Å²) in [6.45, 7) is 6.25. The molecule has 1 rings (SSSR count). The lowest BCUT2D eigenvalue weighted by molar-refractivity contribution is 0.339. The molecular weight excluding hydrogens is 213 g/mol. The van der Waals surface area contributed by atoms with Gasteiger partial charge in [-0.25, -0.2) is 4.39 Å². The van der Waals surface area contributed by atoms with Gasteiger partial charge in [0.05, 0.1) is 0 Å². The summed E-state index contributed by atoms with van der Waals surface area (Å²) in [6, 6.07) is 4.36. The van der Waals surface area contributed by atoms with Crippen LogP contribution in [0.5, 0.6) is 0 Å². The van der Waals surface area contributed by atoms with Gasteiger partial charge in [-0.1, -0.05) is 38.4 Å². The van der Waals surface area contributed by atoms with E-state index in [0.717, 1.165) is 6.42 Å². The number of hydrogen-bond donors (Lipinski definition) is 1. The topological polar surface area (TPSA) is 26.0 Å². The first-order chi connectivity index (χ1) is 6.79. The zero-order chi connectivity index (χ0) is 11.6. The summed E-state index contributed by atoms with van der Waals surface area (Å²) in [4.78, 5) is 0. The minimum Gasteiger partial charge on any atom is -0.324 e. The number of rotatable bonds is 2. The van der Waals surface area contributed by atoms with Gasteiger partial charge in [0.1, 0.15) is 5.82 Å². The molecule has 0 amide bonds. The monoisotopic (exact) mass is 229 g/mol. The molecule has 1 aromatic carbocycles. The molecule has 1 nitrogen and oxygen atoms in total. The normalized spacial score (nSPS) is 14.0. The number of nitrogens with two attached hydrogens (primary N) is 1. The van der Waals surface area contributed by atoms with Crippen LogP contribution in [0.3, 0.4) is 0 Å². The molecule has 0 spiro atoms. The number of hydrogen-bond acceptors (Lipinski definition) is 1. The summed E-state index contributed by atoms with van der Waals surface area (Å²) in [7, 11) is 0. The van der Waals surface area contributed by atoms with Crippen molar-refractivity contribution in [3.8, 4) is 0 Å². The Balaban J connectivity index is 2.87. The van der Waals surface area contributed by atoms with Gasteiger partial charge in [-0.2, -0.15) is 0 Å². The van der Waals surface area contributed by atoms with E-state index in [0.29, 0.717) is 10.6 Å². The highest BCUT2D eigenvalue weighted by Crippen LogP contribution is 2.29. The smallest absolute Gasteiger partial charge is 0.129 e. The van der Waals surface area contributed by atoms with Crippen molar-refractivity contribution in [1.82, 2.24) is 0 Å². The fraction of sp³-hybridized carbons (Fsp3) is 0.500. The lowest BCUT2D eigenvalue weighted by Gasteiger charge is -2.23. The van der Waals surface area contributed by atoms with Crippen LogP contribution in [0, 0.1) is 11.2 Å². The van der Waals surface area contributed by atoms with Crippen molar-refractivity contribution < 1.29 is 4.39 Å². The Morgan fingerprint density at radius 1 is 1.40 bits per heavy atom. The lowest BCUT2D eigenvalue weighted by atomic mass is 9.86. The molecule has 1 unspecified atom stereocenters. The quantitative estimate of drug-likeness (QED) is 0.818. The minimum absolute atomic E-state index is 0.0888. The van der Waals surface area contributed by atoms with Crippen LogP contribution in [0.4, 0.5) is 4.39 Å². The number of halogens is 2. The summed E-state index contributed by atoms with van der Waals surface area (Å²) >= 11 is 5.67. The fourth-order valence-electron chi connectivity index (χ4n) is 1.57. The van der Waals surface area contributed by atoms with Crippen molar-refractivity contribution in [2.75, 3.05) is 0 Å². The average Bonchev–Trinajstić information content (AvgIpc) is 1.99. The van der Waals surface area contributed by atoms with Gasteiger partial charge in [0, 0.05) is 16.6 Å². The van der Waals surface area contributed by atoms with Crippen LogP contribution in [0.25, 0.3) is 0 Å². The largest absolute Gasteiger partial charge is 0.324 e. The summed E-state index contributed by atoms with van der Waals surface area (Å²) in [5.74, 6) is -0.320. The van der Waals surface area contributed by atoms with Crippen LogP contribution in [0.15, 0.2) is 18.2 Å². The third-order valence-electron chi connectivity index (χ3n) is 2.19. The molecule has 0 aliphatic heterocycles. The lowest BCUT2D eigenvalue weighted by Crippen LogP contribution is -2.19. The SMILES string of the molecule is CC(C)(C)CC(N)c1ccc(Cl)cc1F. The maximum atomic E-state index is 13.5. The molecule has 1 atom stereocenters. The van der Waals surface area contributed by atoms with E-state index in [-0.39, 0.29) is 17.3 Å². The van der Waals surface area contributed by atoms with Gasteiger partial charge in [-0.15, -0.1) is 0 Å². The Kier molecular flexibility index (Phi) is 3.74. The minimum atomic E-state index is -0.320. The second-order valence-corrected chi connectivity index (χ2v) is 5.47. The Bertz CT molecular complexity index is 344. The third kappa shape index (κ3) is 3.80. The van der Waals surface area contributed by atoms with E-state index < -0.39 is 0 Å². The maximum Gasteiger partial charge on any atom is 0.129 e. The Morgan fingerprint density at radius 3 is 2.47 bits per heavy atom. The molecule has 3 heteroatoms. The van der Waals surface area contributed by atoms with Gasteiger partial charge in [-0.3, -0.25) is 0 Å². The summed E-state index contributed by atoms with van der Waals surface area (Å²) in [5.41, 5.74) is 6.57. The summed E-state index contributed by atoms with van der Waals surface area (Å²) in [6.07, 6.45) is 0.742. The van der Waals surface area contributed by atoms with Gasteiger partial charge in [-0.05, 0) is 24.0 Å². The second-order valence-electron chi connectivity index (χ2n) is 5.04. The Hall–Kier alpha value is -0.600. The van der Waals surface area contributed by atoms with Crippen molar-refractivity contribution in [3.63, 3.8) is 0 Å². The molecule has 84 valence electrons. The van der Waals surface area contributed by atoms with E-state index in [9.17, 15) is 4.39 Å². The van der Waals surface area contributed by atoms with Gasteiger partial charge in [0.2, 0.25) is 0 Å². The molecule has 0 radical (unpaired) electrons. The summed E-state index contributed by atoms with van der Waals surface area (Å²) in [5, 5.41) is 0.402. The van der Waals surface area contributed by atoms with Gasteiger partial charge < -0.3 is 5.73 Å². The van der Waals surface area contributed by atoms with Gasteiger partial charge >= 0.3 is 0 Å². The van der Waals surface area contributed by atoms with Crippen molar-refractivity contribution in [1.29, 1.82) is 0 Å². The molecule has 0 heterocycles. The maximum absolute atomic E-state index is 13.5. The zero-order valence-corrected chi connectivity index (χ0v) is 10.1. The molecule has 0 aromatic heterocycles.